The molecular weight excluding hydrogens is 254 g/mol. The second kappa shape index (κ2) is 3.77. The van der Waals surface area contributed by atoms with E-state index in [0.29, 0.717) is 0 Å². The monoisotopic (exact) mass is 265 g/mol. The van der Waals surface area contributed by atoms with Crippen LogP contribution in [0.3, 0.4) is 0 Å². The van der Waals surface area contributed by atoms with Crippen molar-refractivity contribution in [2.24, 2.45) is 0 Å². The summed E-state index contributed by atoms with van der Waals surface area (Å²) in [7, 11) is 0. The lowest BCUT2D eigenvalue weighted by Gasteiger charge is -2.09. The van der Waals surface area contributed by atoms with Gasteiger partial charge < -0.3 is 0 Å². The van der Waals surface area contributed by atoms with Crippen molar-refractivity contribution in [3.8, 4) is 5.69 Å². The fraction of sp³-hybridized carbons (Fsp3) is 0.273. The Labute approximate surface area is 97.2 Å². The van der Waals surface area contributed by atoms with Gasteiger partial charge in [-0.1, -0.05) is 21.1 Å². The first kappa shape index (κ1) is 10.4. The number of hydrogen-bond acceptors (Lipinski definition) is 2. The summed E-state index contributed by atoms with van der Waals surface area (Å²) in [6.07, 6.45) is 1.93. The van der Waals surface area contributed by atoms with Gasteiger partial charge in [0.2, 0.25) is 0 Å². The standard InChI is InChI=1S/C11H12BrN3/c1-7-4-10(12)5-8(2)11(7)15-6-9(3)13-14-15/h4-6H,1-3H3. The molecule has 15 heavy (non-hydrogen) atoms. The number of nitrogens with zero attached hydrogens (tertiary/aromatic N) is 3. The molecule has 0 saturated heterocycles. The predicted molar refractivity (Wildman–Crippen MR) is 63.3 cm³/mol. The molecule has 0 unspecified atom stereocenters. The first-order chi connectivity index (χ1) is 7.08. The van der Waals surface area contributed by atoms with Crippen LogP contribution in [0.2, 0.25) is 0 Å². The highest BCUT2D eigenvalue weighted by atomic mass is 79.9. The number of aromatic nitrogens is 3. The molecule has 4 heteroatoms. The van der Waals surface area contributed by atoms with E-state index in [4.69, 9.17) is 0 Å². The normalized spacial score (nSPS) is 10.7. The third-order valence-corrected chi connectivity index (χ3v) is 2.75. The topological polar surface area (TPSA) is 30.7 Å². The third kappa shape index (κ3) is 1.95. The summed E-state index contributed by atoms with van der Waals surface area (Å²) < 4.78 is 2.92. The summed E-state index contributed by atoms with van der Waals surface area (Å²) in [5.41, 5.74) is 4.41. The Bertz CT molecular complexity index is 479. The van der Waals surface area contributed by atoms with E-state index >= 15 is 0 Å². The van der Waals surface area contributed by atoms with Crippen LogP contribution in [-0.4, -0.2) is 15.0 Å². The molecule has 0 fully saturated rings. The number of hydrogen-bond donors (Lipinski definition) is 0. The van der Waals surface area contributed by atoms with Gasteiger partial charge in [0.15, 0.2) is 0 Å². The molecule has 0 radical (unpaired) electrons. The van der Waals surface area contributed by atoms with Crippen molar-refractivity contribution in [1.82, 2.24) is 15.0 Å². The Kier molecular flexibility index (Phi) is 2.61. The van der Waals surface area contributed by atoms with Crippen LogP contribution in [-0.2, 0) is 0 Å². The minimum atomic E-state index is 0.928. The fourth-order valence-electron chi connectivity index (χ4n) is 1.72. The summed E-state index contributed by atoms with van der Waals surface area (Å²) in [6, 6.07) is 4.17. The number of aryl methyl sites for hydroxylation is 3. The van der Waals surface area contributed by atoms with Gasteiger partial charge in [-0.3, -0.25) is 0 Å². The van der Waals surface area contributed by atoms with Gasteiger partial charge in [-0.05, 0) is 44.0 Å². The second-order valence-corrected chi connectivity index (χ2v) is 4.61. The van der Waals surface area contributed by atoms with Gasteiger partial charge >= 0.3 is 0 Å². The molecule has 0 aliphatic carbocycles. The van der Waals surface area contributed by atoms with Gasteiger partial charge in [-0.15, -0.1) is 5.10 Å². The Hall–Kier alpha value is -1.16. The molecule has 78 valence electrons. The van der Waals surface area contributed by atoms with Crippen LogP contribution in [0.5, 0.6) is 0 Å². The maximum atomic E-state index is 4.09. The van der Waals surface area contributed by atoms with Gasteiger partial charge in [0, 0.05) is 4.47 Å². The summed E-state index contributed by atoms with van der Waals surface area (Å²) in [4.78, 5) is 0. The highest BCUT2D eigenvalue weighted by molar-refractivity contribution is 9.10. The average molecular weight is 266 g/mol. The van der Waals surface area contributed by atoms with Gasteiger partial charge in [-0.2, -0.15) is 0 Å². The molecule has 1 aromatic heterocycles. The van der Waals surface area contributed by atoms with Crippen molar-refractivity contribution < 1.29 is 0 Å². The number of rotatable bonds is 1. The second-order valence-electron chi connectivity index (χ2n) is 3.69. The van der Waals surface area contributed by atoms with Crippen LogP contribution in [0.25, 0.3) is 5.69 Å². The number of halogens is 1. The van der Waals surface area contributed by atoms with Crippen molar-refractivity contribution in [3.63, 3.8) is 0 Å². The fourth-order valence-corrected chi connectivity index (χ4v) is 2.41. The van der Waals surface area contributed by atoms with Crippen LogP contribution in [0, 0.1) is 20.8 Å². The number of benzene rings is 1. The molecule has 2 rings (SSSR count). The minimum absolute atomic E-state index is 0.928. The maximum absolute atomic E-state index is 4.09. The van der Waals surface area contributed by atoms with E-state index in [1.807, 2.05) is 17.8 Å². The summed E-state index contributed by atoms with van der Waals surface area (Å²) in [5.74, 6) is 0. The van der Waals surface area contributed by atoms with E-state index in [1.165, 1.54) is 11.1 Å². The lowest BCUT2D eigenvalue weighted by Crippen LogP contribution is -2.01. The summed E-state index contributed by atoms with van der Waals surface area (Å²) in [6.45, 7) is 6.08. The highest BCUT2D eigenvalue weighted by Gasteiger charge is 2.07. The van der Waals surface area contributed by atoms with Crippen molar-refractivity contribution in [1.29, 1.82) is 0 Å². The van der Waals surface area contributed by atoms with Crippen molar-refractivity contribution in [2.75, 3.05) is 0 Å². The van der Waals surface area contributed by atoms with E-state index < -0.39 is 0 Å². The summed E-state index contributed by atoms with van der Waals surface area (Å²) in [5, 5.41) is 8.09. The van der Waals surface area contributed by atoms with Gasteiger partial charge in [0.05, 0.1) is 17.6 Å². The van der Waals surface area contributed by atoms with Gasteiger partial charge in [0.1, 0.15) is 0 Å². The van der Waals surface area contributed by atoms with Crippen molar-refractivity contribution >= 4 is 15.9 Å². The van der Waals surface area contributed by atoms with E-state index in [2.05, 4.69) is 52.2 Å². The van der Waals surface area contributed by atoms with Crippen LogP contribution in [0.1, 0.15) is 16.8 Å². The maximum Gasteiger partial charge on any atom is 0.0800 e. The van der Waals surface area contributed by atoms with Crippen LogP contribution >= 0.6 is 15.9 Å². The lowest BCUT2D eigenvalue weighted by atomic mass is 10.1. The minimum Gasteiger partial charge on any atom is -0.220 e. The zero-order chi connectivity index (χ0) is 11.0. The Morgan fingerprint density at radius 1 is 1.13 bits per heavy atom. The zero-order valence-electron chi connectivity index (χ0n) is 8.95. The third-order valence-electron chi connectivity index (χ3n) is 2.29. The van der Waals surface area contributed by atoms with E-state index in [-0.39, 0.29) is 0 Å². The lowest BCUT2D eigenvalue weighted by molar-refractivity contribution is 0.791. The van der Waals surface area contributed by atoms with Gasteiger partial charge in [0.25, 0.3) is 0 Å². The quantitative estimate of drug-likeness (QED) is 0.794. The van der Waals surface area contributed by atoms with E-state index in [9.17, 15) is 0 Å². The molecule has 0 bridgehead atoms. The van der Waals surface area contributed by atoms with Crippen LogP contribution in [0.15, 0.2) is 22.8 Å². The molecule has 0 atom stereocenters. The van der Waals surface area contributed by atoms with E-state index in [1.54, 1.807) is 0 Å². The molecule has 0 aliphatic rings. The Morgan fingerprint density at radius 2 is 1.73 bits per heavy atom. The van der Waals surface area contributed by atoms with Crippen LogP contribution in [0.4, 0.5) is 0 Å². The molecule has 3 nitrogen and oxygen atoms in total. The van der Waals surface area contributed by atoms with Gasteiger partial charge in [-0.25, -0.2) is 4.68 Å². The summed E-state index contributed by atoms with van der Waals surface area (Å²) >= 11 is 3.48. The molecule has 1 aromatic carbocycles. The van der Waals surface area contributed by atoms with Crippen molar-refractivity contribution in [2.45, 2.75) is 20.8 Å². The first-order valence-corrected chi connectivity index (χ1v) is 5.53. The Morgan fingerprint density at radius 3 is 2.20 bits per heavy atom. The van der Waals surface area contributed by atoms with Crippen LogP contribution < -0.4 is 0 Å². The molecular formula is C11H12BrN3. The molecule has 0 N–H and O–H groups in total. The smallest absolute Gasteiger partial charge is 0.0800 e. The van der Waals surface area contributed by atoms with Crippen molar-refractivity contribution in [3.05, 3.63) is 39.6 Å². The first-order valence-electron chi connectivity index (χ1n) is 4.74. The SMILES string of the molecule is Cc1cn(-c2c(C)cc(Br)cc2C)nn1. The largest absolute Gasteiger partial charge is 0.220 e. The molecule has 0 aliphatic heterocycles. The highest BCUT2D eigenvalue weighted by Crippen LogP contribution is 2.23. The molecule has 2 aromatic rings. The molecule has 0 saturated carbocycles. The molecule has 0 amide bonds. The average Bonchev–Trinajstić information content (AvgIpc) is 2.49. The molecule has 1 heterocycles. The zero-order valence-corrected chi connectivity index (χ0v) is 10.5. The predicted octanol–water partition coefficient (Wildman–Crippen LogP) is 2.96. The Balaban J connectivity index is 2.62. The van der Waals surface area contributed by atoms with E-state index in [0.717, 1.165) is 15.9 Å². The molecule has 0 spiro atoms.